The number of aliphatic carboxylic acids is 1. The van der Waals surface area contributed by atoms with Crippen LogP contribution in [0.15, 0.2) is 12.4 Å². The van der Waals surface area contributed by atoms with Crippen LogP contribution in [0.2, 0.25) is 0 Å². The quantitative estimate of drug-likeness (QED) is 0.817. The highest BCUT2D eigenvalue weighted by Crippen LogP contribution is 2.31. The van der Waals surface area contributed by atoms with Crippen LogP contribution in [-0.2, 0) is 11.8 Å². The number of nitrogens with one attached hydrogen (secondary N) is 1. The molecular weight excluding hydrogens is 206 g/mol. The van der Waals surface area contributed by atoms with Gasteiger partial charge in [0.1, 0.15) is 5.54 Å². The van der Waals surface area contributed by atoms with Gasteiger partial charge in [-0.05, 0) is 12.8 Å². The minimum Gasteiger partial charge on any atom is -0.480 e. The molecule has 0 bridgehead atoms. The number of carboxylic acid groups (broad SMARTS) is 1. The molecule has 88 valence electrons. The van der Waals surface area contributed by atoms with Crippen LogP contribution in [0.3, 0.4) is 0 Å². The summed E-state index contributed by atoms with van der Waals surface area (Å²) in [6, 6.07) is 0. The molecule has 1 aliphatic rings. The highest BCUT2D eigenvalue weighted by Gasteiger charge is 2.40. The fourth-order valence-corrected chi connectivity index (χ4v) is 2.25. The van der Waals surface area contributed by atoms with Crippen LogP contribution >= 0.6 is 0 Å². The van der Waals surface area contributed by atoms with Gasteiger partial charge in [0, 0.05) is 19.4 Å². The molecule has 0 saturated heterocycles. The Morgan fingerprint density at radius 3 is 2.69 bits per heavy atom. The Bertz CT molecular complexity index is 380. The van der Waals surface area contributed by atoms with Crippen LogP contribution in [0.25, 0.3) is 0 Å². The third-order valence-electron chi connectivity index (χ3n) is 3.29. The summed E-state index contributed by atoms with van der Waals surface area (Å²) in [5.74, 6) is -0.139. The number of imidazole rings is 1. The van der Waals surface area contributed by atoms with Crippen molar-refractivity contribution in [3.8, 4) is 0 Å². The monoisotopic (exact) mass is 223 g/mol. The zero-order valence-electron chi connectivity index (χ0n) is 9.44. The summed E-state index contributed by atoms with van der Waals surface area (Å²) in [6.45, 7) is 0. The highest BCUT2D eigenvalue weighted by atomic mass is 16.4. The SMILES string of the molecule is Cn1ccnc1NC1(C(=O)O)CCCCC1. The summed E-state index contributed by atoms with van der Waals surface area (Å²) in [7, 11) is 1.85. The van der Waals surface area contributed by atoms with Crippen LogP contribution in [0.4, 0.5) is 5.95 Å². The van der Waals surface area contributed by atoms with E-state index < -0.39 is 11.5 Å². The van der Waals surface area contributed by atoms with Crippen LogP contribution in [0, 0.1) is 0 Å². The summed E-state index contributed by atoms with van der Waals surface area (Å²) >= 11 is 0. The van der Waals surface area contributed by atoms with Gasteiger partial charge in [-0.1, -0.05) is 19.3 Å². The van der Waals surface area contributed by atoms with E-state index in [1.807, 2.05) is 7.05 Å². The van der Waals surface area contributed by atoms with E-state index >= 15 is 0 Å². The number of carboxylic acids is 1. The van der Waals surface area contributed by atoms with E-state index in [-0.39, 0.29) is 0 Å². The second-order valence-corrected chi connectivity index (χ2v) is 4.43. The topological polar surface area (TPSA) is 67.2 Å². The summed E-state index contributed by atoms with van der Waals surface area (Å²) < 4.78 is 1.80. The third-order valence-corrected chi connectivity index (χ3v) is 3.29. The van der Waals surface area contributed by atoms with E-state index in [0.717, 1.165) is 19.3 Å². The minimum absolute atomic E-state index is 0.629. The number of aryl methyl sites for hydroxylation is 1. The van der Waals surface area contributed by atoms with Crippen LogP contribution in [0.5, 0.6) is 0 Å². The van der Waals surface area contributed by atoms with Crippen molar-refractivity contribution in [3.63, 3.8) is 0 Å². The molecule has 5 nitrogen and oxygen atoms in total. The lowest BCUT2D eigenvalue weighted by Gasteiger charge is -2.34. The van der Waals surface area contributed by atoms with Crippen molar-refractivity contribution >= 4 is 11.9 Å². The van der Waals surface area contributed by atoms with Gasteiger partial charge < -0.3 is 15.0 Å². The molecule has 1 aromatic rings. The van der Waals surface area contributed by atoms with E-state index in [9.17, 15) is 9.90 Å². The molecule has 0 aromatic carbocycles. The standard InChI is InChI=1S/C11H17N3O2/c1-14-8-7-12-10(14)13-11(9(15)16)5-3-2-4-6-11/h7-8H,2-6H2,1H3,(H,12,13)(H,15,16). The Labute approximate surface area is 94.5 Å². The molecule has 0 radical (unpaired) electrons. The van der Waals surface area contributed by atoms with E-state index in [1.54, 1.807) is 17.0 Å². The molecule has 0 aliphatic heterocycles. The molecule has 1 aromatic heterocycles. The summed E-state index contributed by atoms with van der Waals surface area (Å²) in [5.41, 5.74) is -0.822. The van der Waals surface area contributed by atoms with Gasteiger partial charge in [0.05, 0.1) is 0 Å². The fourth-order valence-electron chi connectivity index (χ4n) is 2.25. The highest BCUT2D eigenvalue weighted by molar-refractivity contribution is 5.82. The van der Waals surface area contributed by atoms with Gasteiger partial charge in [0.25, 0.3) is 0 Å². The smallest absolute Gasteiger partial charge is 0.329 e. The first-order valence-corrected chi connectivity index (χ1v) is 5.63. The van der Waals surface area contributed by atoms with Crippen molar-refractivity contribution < 1.29 is 9.90 Å². The third kappa shape index (κ3) is 1.89. The lowest BCUT2D eigenvalue weighted by atomic mass is 9.82. The largest absolute Gasteiger partial charge is 0.480 e. The average molecular weight is 223 g/mol. The van der Waals surface area contributed by atoms with Crippen molar-refractivity contribution in [3.05, 3.63) is 12.4 Å². The van der Waals surface area contributed by atoms with Gasteiger partial charge in [0.2, 0.25) is 5.95 Å². The normalized spacial score (nSPS) is 19.3. The van der Waals surface area contributed by atoms with Crippen molar-refractivity contribution in [1.82, 2.24) is 9.55 Å². The molecule has 0 amide bonds. The molecule has 2 N–H and O–H groups in total. The number of hydrogen-bond acceptors (Lipinski definition) is 3. The molecule has 1 fully saturated rings. The Kier molecular flexibility index (Phi) is 2.85. The van der Waals surface area contributed by atoms with Gasteiger partial charge in [0.15, 0.2) is 0 Å². The first-order valence-electron chi connectivity index (χ1n) is 5.63. The number of aromatic nitrogens is 2. The maximum absolute atomic E-state index is 11.4. The van der Waals surface area contributed by atoms with E-state index in [4.69, 9.17) is 0 Å². The molecular formula is C11H17N3O2. The summed E-state index contributed by atoms with van der Waals surface area (Å²) in [5, 5.41) is 12.5. The molecule has 1 saturated carbocycles. The number of anilines is 1. The zero-order valence-corrected chi connectivity index (χ0v) is 9.44. The number of rotatable bonds is 3. The molecule has 0 unspecified atom stereocenters. The second-order valence-electron chi connectivity index (χ2n) is 4.43. The molecule has 2 rings (SSSR count). The second kappa shape index (κ2) is 4.15. The molecule has 1 aliphatic carbocycles. The van der Waals surface area contributed by atoms with Gasteiger partial charge in [-0.3, -0.25) is 0 Å². The van der Waals surface area contributed by atoms with E-state index in [0.29, 0.717) is 18.8 Å². The number of hydrogen-bond donors (Lipinski definition) is 2. The van der Waals surface area contributed by atoms with Gasteiger partial charge >= 0.3 is 5.97 Å². The van der Waals surface area contributed by atoms with Crippen LogP contribution in [0.1, 0.15) is 32.1 Å². The molecule has 0 spiro atoms. The maximum Gasteiger partial charge on any atom is 0.329 e. The Morgan fingerprint density at radius 1 is 1.50 bits per heavy atom. The molecule has 0 atom stereocenters. The van der Waals surface area contributed by atoms with Crippen LogP contribution in [-0.4, -0.2) is 26.2 Å². The predicted molar refractivity (Wildman–Crippen MR) is 60.3 cm³/mol. The van der Waals surface area contributed by atoms with Crippen molar-refractivity contribution in [2.75, 3.05) is 5.32 Å². The van der Waals surface area contributed by atoms with Crippen molar-refractivity contribution in [2.24, 2.45) is 7.05 Å². The Hall–Kier alpha value is -1.52. The van der Waals surface area contributed by atoms with E-state index in [1.165, 1.54) is 0 Å². The Morgan fingerprint density at radius 2 is 2.19 bits per heavy atom. The van der Waals surface area contributed by atoms with Gasteiger partial charge in [-0.15, -0.1) is 0 Å². The molecule has 1 heterocycles. The lowest BCUT2D eigenvalue weighted by molar-refractivity contribution is -0.143. The molecule has 16 heavy (non-hydrogen) atoms. The lowest BCUT2D eigenvalue weighted by Crippen LogP contribution is -2.48. The molecule has 5 heteroatoms. The fraction of sp³-hybridized carbons (Fsp3) is 0.636. The zero-order chi connectivity index (χ0) is 11.6. The van der Waals surface area contributed by atoms with Crippen LogP contribution < -0.4 is 5.32 Å². The van der Waals surface area contributed by atoms with Gasteiger partial charge in [-0.25, -0.2) is 9.78 Å². The number of carbonyl (C=O) groups is 1. The predicted octanol–water partition coefficient (Wildman–Crippen LogP) is 1.62. The minimum atomic E-state index is -0.822. The summed E-state index contributed by atoms with van der Waals surface area (Å²) in [4.78, 5) is 15.5. The first kappa shape index (κ1) is 11.0. The first-order chi connectivity index (χ1) is 7.64. The number of nitrogens with zero attached hydrogens (tertiary/aromatic N) is 2. The van der Waals surface area contributed by atoms with E-state index in [2.05, 4.69) is 10.3 Å². The maximum atomic E-state index is 11.4. The van der Waals surface area contributed by atoms with Crippen molar-refractivity contribution in [1.29, 1.82) is 0 Å². The van der Waals surface area contributed by atoms with Gasteiger partial charge in [-0.2, -0.15) is 0 Å². The van der Waals surface area contributed by atoms with Crippen molar-refractivity contribution in [2.45, 2.75) is 37.6 Å². The summed E-state index contributed by atoms with van der Waals surface area (Å²) in [6.07, 6.45) is 7.87. The average Bonchev–Trinajstić information content (AvgIpc) is 2.65. The Balaban J connectivity index is 2.20.